The molecule has 0 N–H and O–H groups in total. The van der Waals surface area contributed by atoms with Gasteiger partial charge in [0, 0.05) is 4.91 Å². The van der Waals surface area contributed by atoms with Gasteiger partial charge in [-0.2, -0.15) is 0 Å². The van der Waals surface area contributed by atoms with E-state index in [0.717, 1.165) is 0 Å². The third kappa shape index (κ3) is 2.12. The molecule has 0 aromatic heterocycles. The van der Waals surface area contributed by atoms with Gasteiger partial charge in [-0.15, -0.1) is 0 Å². The molecule has 14 heavy (non-hydrogen) atoms. The lowest BCUT2D eigenvalue weighted by atomic mass is 10.4. The first-order valence-electron chi connectivity index (χ1n) is 4.18. The minimum atomic E-state index is -3.31. The van der Waals surface area contributed by atoms with Crippen LogP contribution < -0.4 is 0 Å². The summed E-state index contributed by atoms with van der Waals surface area (Å²) in [6, 6.07) is 8.35. The highest BCUT2D eigenvalue weighted by Gasteiger charge is 2.14. The molecule has 1 aromatic carbocycles. The SMILES string of the molecule is C=C/C=C(\C)S(=O)(=O)c1ccccc1. The molecule has 2 nitrogen and oxygen atoms in total. The summed E-state index contributed by atoms with van der Waals surface area (Å²) >= 11 is 0. The van der Waals surface area contributed by atoms with Crippen molar-refractivity contribution in [1.82, 2.24) is 0 Å². The van der Waals surface area contributed by atoms with Crippen LogP contribution in [-0.4, -0.2) is 8.42 Å². The summed E-state index contributed by atoms with van der Waals surface area (Å²) in [5.74, 6) is 0. The van der Waals surface area contributed by atoms with Crippen molar-refractivity contribution in [3.8, 4) is 0 Å². The van der Waals surface area contributed by atoms with Crippen molar-refractivity contribution >= 4 is 9.84 Å². The van der Waals surface area contributed by atoms with E-state index >= 15 is 0 Å². The fourth-order valence-electron chi connectivity index (χ4n) is 1.04. The zero-order valence-electron chi connectivity index (χ0n) is 7.97. The quantitative estimate of drug-likeness (QED) is 0.715. The van der Waals surface area contributed by atoms with Crippen molar-refractivity contribution < 1.29 is 8.42 Å². The van der Waals surface area contributed by atoms with Crippen molar-refractivity contribution in [1.29, 1.82) is 0 Å². The Morgan fingerprint density at radius 2 is 1.86 bits per heavy atom. The molecule has 1 rings (SSSR count). The van der Waals surface area contributed by atoms with Crippen molar-refractivity contribution in [3.63, 3.8) is 0 Å². The number of hydrogen-bond acceptors (Lipinski definition) is 2. The zero-order chi connectivity index (χ0) is 10.6. The molecule has 3 heteroatoms. The molecule has 1 aromatic rings. The smallest absolute Gasteiger partial charge is 0.202 e. The van der Waals surface area contributed by atoms with E-state index in [1.54, 1.807) is 37.3 Å². The van der Waals surface area contributed by atoms with Crippen molar-refractivity contribution in [2.24, 2.45) is 0 Å². The molecule has 0 fully saturated rings. The average molecular weight is 208 g/mol. The van der Waals surface area contributed by atoms with Gasteiger partial charge in [0.1, 0.15) is 0 Å². The molecule has 0 heterocycles. The predicted octanol–water partition coefficient (Wildman–Crippen LogP) is 2.55. The monoisotopic (exact) mass is 208 g/mol. The molecule has 74 valence electrons. The third-order valence-electron chi connectivity index (χ3n) is 1.83. The van der Waals surface area contributed by atoms with Crippen molar-refractivity contribution in [2.75, 3.05) is 0 Å². The topological polar surface area (TPSA) is 34.1 Å². The van der Waals surface area contributed by atoms with Gasteiger partial charge in [-0.05, 0) is 25.1 Å². The second kappa shape index (κ2) is 4.24. The predicted molar refractivity (Wildman–Crippen MR) is 57.6 cm³/mol. The summed E-state index contributed by atoms with van der Waals surface area (Å²) < 4.78 is 23.6. The highest BCUT2D eigenvalue weighted by atomic mass is 32.2. The van der Waals surface area contributed by atoms with Crippen LogP contribution in [0.3, 0.4) is 0 Å². The fraction of sp³-hybridized carbons (Fsp3) is 0.0909. The van der Waals surface area contributed by atoms with Gasteiger partial charge >= 0.3 is 0 Å². The molecule has 0 unspecified atom stereocenters. The molecule has 0 aliphatic carbocycles. The summed E-state index contributed by atoms with van der Waals surface area (Å²) in [7, 11) is -3.31. The maximum Gasteiger partial charge on any atom is 0.202 e. The van der Waals surface area contributed by atoms with Crippen LogP contribution in [0.5, 0.6) is 0 Å². The van der Waals surface area contributed by atoms with Crippen molar-refractivity contribution in [2.45, 2.75) is 11.8 Å². The Balaban J connectivity index is 3.23. The van der Waals surface area contributed by atoms with Gasteiger partial charge in [0.25, 0.3) is 0 Å². The lowest BCUT2D eigenvalue weighted by molar-refractivity contribution is 0.602. The Morgan fingerprint density at radius 3 is 2.36 bits per heavy atom. The van der Waals surface area contributed by atoms with Gasteiger partial charge in [-0.1, -0.05) is 30.9 Å². The maximum atomic E-state index is 11.8. The summed E-state index contributed by atoms with van der Waals surface area (Å²) in [6.07, 6.45) is 2.96. The van der Waals surface area contributed by atoms with E-state index in [2.05, 4.69) is 6.58 Å². The Hall–Kier alpha value is -1.35. The van der Waals surface area contributed by atoms with Crippen LogP contribution in [0.2, 0.25) is 0 Å². The van der Waals surface area contributed by atoms with Gasteiger partial charge in [0.05, 0.1) is 4.90 Å². The molecule has 0 saturated carbocycles. The van der Waals surface area contributed by atoms with Gasteiger partial charge in [-0.25, -0.2) is 8.42 Å². The third-order valence-corrected chi connectivity index (χ3v) is 3.71. The Kier molecular flexibility index (Phi) is 3.25. The van der Waals surface area contributed by atoms with Crippen LogP contribution in [0.4, 0.5) is 0 Å². The normalized spacial score (nSPS) is 12.5. The molecule has 0 atom stereocenters. The summed E-state index contributed by atoms with van der Waals surface area (Å²) in [4.78, 5) is 0.620. The lowest BCUT2D eigenvalue weighted by Crippen LogP contribution is -2.01. The van der Waals surface area contributed by atoms with E-state index in [0.29, 0.717) is 9.80 Å². The van der Waals surface area contributed by atoms with Crippen LogP contribution in [0.25, 0.3) is 0 Å². The van der Waals surface area contributed by atoms with Gasteiger partial charge in [0.15, 0.2) is 0 Å². The van der Waals surface area contributed by atoms with Crippen molar-refractivity contribution in [3.05, 3.63) is 54.0 Å². The molecule has 0 spiro atoms. The first-order valence-corrected chi connectivity index (χ1v) is 5.67. The Bertz CT molecular complexity index is 441. The molecular formula is C11H12O2S. The highest BCUT2D eigenvalue weighted by molar-refractivity contribution is 7.95. The van der Waals surface area contributed by atoms with Crippen LogP contribution in [0, 0.1) is 0 Å². The standard InChI is InChI=1S/C11H12O2S/c1-3-7-10(2)14(12,13)11-8-5-4-6-9-11/h3-9H,1H2,2H3/b10-7+. The van der Waals surface area contributed by atoms with Gasteiger partial charge < -0.3 is 0 Å². The number of allylic oxidation sites excluding steroid dienone is 3. The minimum absolute atomic E-state index is 0.304. The van der Waals surface area contributed by atoms with Crippen LogP contribution in [-0.2, 0) is 9.84 Å². The van der Waals surface area contributed by atoms with E-state index in [-0.39, 0.29) is 0 Å². The molecule has 0 bridgehead atoms. The number of sulfone groups is 1. The minimum Gasteiger partial charge on any atom is -0.219 e. The largest absolute Gasteiger partial charge is 0.219 e. The first-order chi connectivity index (χ1) is 6.59. The second-order valence-corrected chi connectivity index (χ2v) is 4.95. The summed E-state index contributed by atoms with van der Waals surface area (Å²) in [5.41, 5.74) is 0. The van der Waals surface area contributed by atoms with Gasteiger partial charge in [0.2, 0.25) is 9.84 Å². The van der Waals surface area contributed by atoms with Gasteiger partial charge in [-0.3, -0.25) is 0 Å². The molecule has 0 aliphatic rings. The van der Waals surface area contributed by atoms with E-state index in [1.807, 2.05) is 0 Å². The molecular weight excluding hydrogens is 196 g/mol. The zero-order valence-corrected chi connectivity index (χ0v) is 8.79. The van der Waals surface area contributed by atoms with E-state index < -0.39 is 9.84 Å². The number of rotatable bonds is 3. The van der Waals surface area contributed by atoms with Crippen LogP contribution >= 0.6 is 0 Å². The lowest BCUT2D eigenvalue weighted by Gasteiger charge is -2.02. The average Bonchev–Trinajstić information content (AvgIpc) is 2.19. The van der Waals surface area contributed by atoms with Crippen LogP contribution in [0.15, 0.2) is 58.9 Å². The highest BCUT2D eigenvalue weighted by Crippen LogP contribution is 2.17. The summed E-state index contributed by atoms with van der Waals surface area (Å²) in [5, 5.41) is 0. The summed E-state index contributed by atoms with van der Waals surface area (Å²) in [6.45, 7) is 5.03. The molecule has 0 aliphatic heterocycles. The number of hydrogen-bond donors (Lipinski definition) is 0. The van der Waals surface area contributed by atoms with E-state index in [1.165, 1.54) is 12.2 Å². The Morgan fingerprint density at radius 1 is 1.29 bits per heavy atom. The molecule has 0 amide bonds. The number of benzene rings is 1. The maximum absolute atomic E-state index is 11.8. The van der Waals surface area contributed by atoms with E-state index in [4.69, 9.17) is 0 Å². The molecule has 0 saturated heterocycles. The fourth-order valence-corrected chi connectivity index (χ4v) is 2.20. The van der Waals surface area contributed by atoms with E-state index in [9.17, 15) is 8.42 Å². The molecule has 0 radical (unpaired) electrons. The first kappa shape index (κ1) is 10.7. The van der Waals surface area contributed by atoms with Crippen LogP contribution in [0.1, 0.15) is 6.92 Å². The second-order valence-electron chi connectivity index (χ2n) is 2.83. The Labute approximate surface area is 84.5 Å².